The molecular weight excluding hydrogens is 270 g/mol. The fraction of sp³-hybridized carbons (Fsp3) is 0.800. The molecule has 21 heavy (non-hydrogen) atoms. The lowest BCUT2D eigenvalue weighted by Crippen LogP contribution is -2.43. The van der Waals surface area contributed by atoms with Crippen LogP contribution in [0.25, 0.3) is 0 Å². The average Bonchev–Trinajstić information content (AvgIpc) is 2.96. The number of carbonyl (C=O) groups is 1. The third-order valence-corrected chi connectivity index (χ3v) is 6.01. The molecule has 0 atom stereocenters. The summed E-state index contributed by atoms with van der Waals surface area (Å²) in [7, 11) is 0. The number of aromatic nitrogens is 2. The molecule has 0 radical (unpaired) electrons. The van der Waals surface area contributed by atoms with Gasteiger partial charge in [-0.2, -0.15) is 0 Å². The van der Waals surface area contributed by atoms with E-state index < -0.39 is 5.76 Å². The summed E-state index contributed by atoms with van der Waals surface area (Å²) in [5.74, 6) is 0.456. The van der Waals surface area contributed by atoms with Crippen molar-refractivity contribution in [2.45, 2.75) is 51.4 Å². The SMILES string of the molecule is O=C(NCCCc1noc(=O)[nH]1)C1CC2(C1)CC21CCC1. The van der Waals surface area contributed by atoms with Crippen molar-refractivity contribution in [1.82, 2.24) is 15.5 Å². The van der Waals surface area contributed by atoms with E-state index in [2.05, 4.69) is 20.0 Å². The van der Waals surface area contributed by atoms with Crippen LogP contribution in [-0.2, 0) is 11.2 Å². The number of amides is 1. The van der Waals surface area contributed by atoms with Gasteiger partial charge in [0.05, 0.1) is 0 Å². The number of aromatic amines is 1. The molecule has 0 aromatic carbocycles. The van der Waals surface area contributed by atoms with Crippen molar-refractivity contribution in [3.8, 4) is 0 Å². The van der Waals surface area contributed by atoms with Gasteiger partial charge in [-0.15, -0.1) is 0 Å². The zero-order valence-electron chi connectivity index (χ0n) is 12.1. The highest BCUT2D eigenvalue weighted by Crippen LogP contribution is 2.82. The summed E-state index contributed by atoms with van der Waals surface area (Å²) in [5, 5.41) is 6.60. The molecule has 1 amide bonds. The van der Waals surface area contributed by atoms with Crippen LogP contribution in [-0.4, -0.2) is 22.6 Å². The summed E-state index contributed by atoms with van der Waals surface area (Å²) in [6.07, 6.45) is 9.16. The Hall–Kier alpha value is -1.59. The fourth-order valence-corrected chi connectivity index (χ4v) is 4.54. The number of nitrogens with zero attached hydrogens (tertiary/aromatic N) is 1. The van der Waals surface area contributed by atoms with Crippen LogP contribution >= 0.6 is 0 Å². The Morgan fingerprint density at radius 3 is 2.76 bits per heavy atom. The Kier molecular flexibility index (Phi) is 2.78. The van der Waals surface area contributed by atoms with Gasteiger partial charge in [-0.25, -0.2) is 4.79 Å². The first-order chi connectivity index (χ1) is 10.1. The largest absolute Gasteiger partial charge is 0.438 e. The maximum atomic E-state index is 12.1. The van der Waals surface area contributed by atoms with Gasteiger partial charge in [0.15, 0.2) is 5.82 Å². The van der Waals surface area contributed by atoms with Gasteiger partial charge in [0, 0.05) is 18.9 Å². The van der Waals surface area contributed by atoms with E-state index in [0.717, 1.165) is 19.3 Å². The normalized spacial score (nSPS) is 31.7. The number of H-pyrrole nitrogens is 1. The second-order valence-corrected chi connectivity index (χ2v) is 7.13. The van der Waals surface area contributed by atoms with E-state index in [9.17, 15) is 9.59 Å². The smallest absolute Gasteiger partial charge is 0.356 e. The van der Waals surface area contributed by atoms with Gasteiger partial charge in [0.1, 0.15) is 0 Å². The monoisotopic (exact) mass is 291 g/mol. The molecule has 0 aliphatic heterocycles. The predicted molar refractivity (Wildman–Crippen MR) is 74.5 cm³/mol. The minimum absolute atomic E-state index is 0.204. The van der Waals surface area contributed by atoms with E-state index in [-0.39, 0.29) is 11.8 Å². The summed E-state index contributed by atoms with van der Waals surface area (Å²) in [4.78, 5) is 25.3. The topological polar surface area (TPSA) is 88.0 Å². The van der Waals surface area contributed by atoms with Crippen LogP contribution < -0.4 is 11.1 Å². The molecule has 3 aliphatic rings. The molecular formula is C15H21N3O3. The van der Waals surface area contributed by atoms with Crippen LogP contribution in [0.3, 0.4) is 0 Å². The molecule has 3 fully saturated rings. The maximum absolute atomic E-state index is 12.1. The zero-order chi connectivity index (χ0) is 14.5. The molecule has 2 spiro atoms. The van der Waals surface area contributed by atoms with E-state index in [0.29, 0.717) is 29.6 Å². The first kappa shape index (κ1) is 13.1. The van der Waals surface area contributed by atoms with Crippen LogP contribution in [0.2, 0.25) is 0 Å². The Labute approximate surface area is 122 Å². The first-order valence-electron chi connectivity index (χ1n) is 7.95. The van der Waals surface area contributed by atoms with Crippen LogP contribution in [0, 0.1) is 16.7 Å². The van der Waals surface area contributed by atoms with E-state index in [4.69, 9.17) is 0 Å². The van der Waals surface area contributed by atoms with E-state index in [1.54, 1.807) is 0 Å². The standard InChI is InChI=1S/C15H21N3O3/c19-12(16-6-1-3-11-17-13(20)21-18-11)10-7-15(8-10)9-14(15)4-2-5-14/h10H,1-9H2,(H,16,19)(H,17,18,20). The van der Waals surface area contributed by atoms with Crippen molar-refractivity contribution in [2.75, 3.05) is 6.54 Å². The van der Waals surface area contributed by atoms with Crippen LogP contribution in [0.1, 0.15) is 50.8 Å². The second-order valence-electron chi connectivity index (χ2n) is 7.13. The molecule has 3 saturated carbocycles. The van der Waals surface area contributed by atoms with Gasteiger partial charge >= 0.3 is 5.76 Å². The van der Waals surface area contributed by atoms with Gasteiger partial charge in [-0.3, -0.25) is 14.3 Å². The molecule has 0 saturated heterocycles. The van der Waals surface area contributed by atoms with Gasteiger partial charge in [-0.05, 0) is 49.4 Å². The lowest BCUT2D eigenvalue weighted by Gasteiger charge is -2.43. The molecule has 6 heteroatoms. The molecule has 3 aliphatic carbocycles. The van der Waals surface area contributed by atoms with Crippen molar-refractivity contribution >= 4 is 5.91 Å². The first-order valence-corrected chi connectivity index (χ1v) is 7.95. The Morgan fingerprint density at radius 2 is 2.19 bits per heavy atom. The van der Waals surface area contributed by atoms with E-state index in [1.165, 1.54) is 25.7 Å². The number of fused-ring (bicyclic) bond motifs is 1. The van der Waals surface area contributed by atoms with Crippen molar-refractivity contribution < 1.29 is 9.32 Å². The van der Waals surface area contributed by atoms with Crippen molar-refractivity contribution in [1.29, 1.82) is 0 Å². The number of hydrogen-bond acceptors (Lipinski definition) is 4. The molecule has 4 rings (SSSR count). The lowest BCUT2D eigenvalue weighted by atomic mass is 9.62. The molecule has 1 aromatic heterocycles. The zero-order valence-corrected chi connectivity index (χ0v) is 12.1. The van der Waals surface area contributed by atoms with E-state index in [1.807, 2.05) is 0 Å². The minimum Gasteiger partial charge on any atom is -0.356 e. The van der Waals surface area contributed by atoms with Crippen LogP contribution in [0.15, 0.2) is 9.32 Å². The third-order valence-electron chi connectivity index (χ3n) is 6.01. The quantitative estimate of drug-likeness (QED) is 0.802. The highest BCUT2D eigenvalue weighted by molar-refractivity contribution is 5.80. The van der Waals surface area contributed by atoms with Crippen molar-refractivity contribution in [2.24, 2.45) is 16.7 Å². The van der Waals surface area contributed by atoms with Crippen molar-refractivity contribution in [3.63, 3.8) is 0 Å². The summed E-state index contributed by atoms with van der Waals surface area (Å²) < 4.78 is 4.42. The van der Waals surface area contributed by atoms with Gasteiger partial charge in [0.2, 0.25) is 5.91 Å². The predicted octanol–water partition coefficient (Wildman–Crippen LogP) is 1.38. The molecule has 0 unspecified atom stereocenters. The summed E-state index contributed by atoms with van der Waals surface area (Å²) in [5.41, 5.74) is 1.23. The van der Waals surface area contributed by atoms with Gasteiger partial charge < -0.3 is 5.32 Å². The molecule has 0 bridgehead atoms. The summed E-state index contributed by atoms with van der Waals surface area (Å²) >= 11 is 0. The number of aryl methyl sites for hydroxylation is 1. The third kappa shape index (κ3) is 2.03. The average molecular weight is 291 g/mol. The Balaban J connectivity index is 1.16. The van der Waals surface area contributed by atoms with E-state index >= 15 is 0 Å². The Bertz CT molecular complexity index is 608. The number of rotatable bonds is 5. The maximum Gasteiger partial charge on any atom is 0.438 e. The molecule has 1 aromatic rings. The second kappa shape index (κ2) is 4.45. The number of nitrogens with one attached hydrogen (secondary N) is 2. The van der Waals surface area contributed by atoms with Crippen LogP contribution in [0.5, 0.6) is 0 Å². The highest BCUT2D eigenvalue weighted by Gasteiger charge is 2.73. The van der Waals surface area contributed by atoms with Gasteiger partial charge in [-0.1, -0.05) is 11.6 Å². The molecule has 1 heterocycles. The van der Waals surface area contributed by atoms with Crippen LogP contribution in [0.4, 0.5) is 0 Å². The molecule has 2 N–H and O–H groups in total. The number of carbonyl (C=O) groups excluding carboxylic acids is 1. The summed E-state index contributed by atoms with van der Waals surface area (Å²) in [6, 6.07) is 0. The summed E-state index contributed by atoms with van der Waals surface area (Å²) in [6.45, 7) is 0.627. The molecule has 114 valence electrons. The van der Waals surface area contributed by atoms with Crippen molar-refractivity contribution in [3.05, 3.63) is 16.4 Å². The minimum atomic E-state index is -0.525. The lowest BCUT2D eigenvalue weighted by molar-refractivity contribution is -0.131. The van der Waals surface area contributed by atoms with Gasteiger partial charge in [0.25, 0.3) is 0 Å². The molecule has 6 nitrogen and oxygen atoms in total. The Morgan fingerprint density at radius 1 is 1.38 bits per heavy atom. The highest BCUT2D eigenvalue weighted by atomic mass is 16.5. The fourth-order valence-electron chi connectivity index (χ4n) is 4.54. The number of hydrogen-bond donors (Lipinski definition) is 2.